The van der Waals surface area contributed by atoms with Crippen LogP contribution in [-0.2, 0) is 25.7 Å². The molecule has 0 saturated heterocycles. The molecular weight excluding hydrogens is 392 g/mol. The van der Waals surface area contributed by atoms with Crippen molar-refractivity contribution in [2.75, 3.05) is 31.1 Å². The first-order valence-electron chi connectivity index (χ1n) is 12.9. The third kappa shape index (κ3) is 2.57. The van der Waals surface area contributed by atoms with Gasteiger partial charge in [-0.15, -0.1) is 0 Å². The van der Waals surface area contributed by atoms with Gasteiger partial charge in [-0.2, -0.15) is 0 Å². The Morgan fingerprint density at radius 3 is 2.34 bits per heavy atom. The van der Waals surface area contributed by atoms with Crippen molar-refractivity contribution in [1.82, 2.24) is 4.58 Å². The highest BCUT2D eigenvalue weighted by molar-refractivity contribution is 5.84. The Bertz CT molecular complexity index is 1290. The Kier molecular flexibility index (Phi) is 3.97. The average Bonchev–Trinajstić information content (AvgIpc) is 2.78. The second kappa shape index (κ2) is 6.62. The predicted octanol–water partition coefficient (Wildman–Crippen LogP) is 4.12. The highest BCUT2D eigenvalue weighted by Gasteiger charge is 2.37. The first-order chi connectivity index (χ1) is 15.5. The van der Waals surface area contributed by atoms with Crippen molar-refractivity contribution in [2.45, 2.75) is 72.1 Å². The minimum atomic E-state index is 0.0707. The van der Waals surface area contributed by atoms with Crippen molar-refractivity contribution < 1.29 is 4.74 Å². The molecule has 0 radical (unpaired) electrons. The normalized spacial score (nSPS) is 20.8. The van der Waals surface area contributed by atoms with Gasteiger partial charge in [0.2, 0.25) is 5.36 Å². The second-order valence-corrected chi connectivity index (χ2v) is 11.6. The Balaban J connectivity index is 1.62. The molecule has 0 atom stereocenters. The van der Waals surface area contributed by atoms with Crippen molar-refractivity contribution in [1.29, 1.82) is 0 Å². The summed E-state index contributed by atoms with van der Waals surface area (Å²) in [5, 5.41) is 2.91. The van der Waals surface area contributed by atoms with Gasteiger partial charge in [0.25, 0.3) is 0 Å². The summed E-state index contributed by atoms with van der Waals surface area (Å²) in [7, 11) is 0. The molecule has 5 aliphatic rings. The van der Waals surface area contributed by atoms with Crippen molar-refractivity contribution in [2.24, 2.45) is 5.41 Å². The van der Waals surface area contributed by atoms with Gasteiger partial charge in [-0.25, -0.2) is 4.58 Å². The maximum atomic E-state index is 7.07. The molecule has 5 aliphatic heterocycles. The van der Waals surface area contributed by atoms with Crippen molar-refractivity contribution >= 4 is 11.3 Å². The fourth-order valence-corrected chi connectivity index (χ4v) is 7.32. The van der Waals surface area contributed by atoms with E-state index in [1.165, 1.54) is 115 Å². The summed E-state index contributed by atoms with van der Waals surface area (Å²) in [5.41, 5.74) is 10.6. The lowest BCUT2D eigenvalue weighted by Gasteiger charge is -2.40. The van der Waals surface area contributed by atoms with Gasteiger partial charge < -0.3 is 9.64 Å². The second-order valence-electron chi connectivity index (χ2n) is 11.6. The summed E-state index contributed by atoms with van der Waals surface area (Å²) in [6.45, 7) is 12.0. The molecule has 0 fully saturated rings. The van der Waals surface area contributed by atoms with Gasteiger partial charge >= 0.3 is 0 Å². The summed E-state index contributed by atoms with van der Waals surface area (Å²) < 4.78 is 9.71. The fraction of sp³-hybridized carbons (Fsp3) is 0.552. The molecule has 3 nitrogen and oxygen atoms in total. The number of rotatable bonds is 0. The van der Waals surface area contributed by atoms with Crippen LogP contribution in [0.2, 0.25) is 0 Å². The molecule has 2 aromatic rings. The van der Waals surface area contributed by atoms with Gasteiger partial charge in [-0.05, 0) is 67.2 Å². The molecule has 7 rings (SSSR count). The largest absolute Gasteiger partial charge is 0.455 e. The highest BCUT2D eigenvalue weighted by atomic mass is 16.5. The van der Waals surface area contributed by atoms with Crippen LogP contribution in [0.4, 0.5) is 5.69 Å². The van der Waals surface area contributed by atoms with Crippen LogP contribution in [0.1, 0.15) is 74.3 Å². The molecule has 0 unspecified atom stereocenters. The molecule has 0 aromatic heterocycles. The number of benzene rings is 2. The predicted molar refractivity (Wildman–Crippen MR) is 131 cm³/mol. The minimum Gasteiger partial charge on any atom is -0.455 e. The zero-order valence-electron chi connectivity index (χ0n) is 19.9. The summed E-state index contributed by atoms with van der Waals surface area (Å²) in [4.78, 5) is 2.65. The minimum absolute atomic E-state index is 0.0707. The number of hydrogen-bond acceptors (Lipinski definition) is 2. The van der Waals surface area contributed by atoms with Gasteiger partial charge in [-0.1, -0.05) is 20.8 Å². The molecule has 0 bridgehead atoms. The first-order valence-corrected chi connectivity index (χ1v) is 12.9. The molecule has 0 saturated carbocycles. The quantitative estimate of drug-likeness (QED) is 0.588. The molecule has 166 valence electrons. The highest BCUT2D eigenvalue weighted by Crippen LogP contribution is 2.50. The van der Waals surface area contributed by atoms with Crippen LogP contribution in [0.15, 0.2) is 12.1 Å². The van der Waals surface area contributed by atoms with Crippen LogP contribution in [0.3, 0.4) is 0 Å². The molecule has 0 amide bonds. The lowest BCUT2D eigenvalue weighted by Crippen LogP contribution is -2.45. The Morgan fingerprint density at radius 2 is 1.53 bits per heavy atom. The van der Waals surface area contributed by atoms with Crippen molar-refractivity contribution in [3.63, 3.8) is 0 Å². The van der Waals surface area contributed by atoms with E-state index in [9.17, 15) is 0 Å². The SMILES string of the molecule is CC(C)(C)C1=c2cc3c4c(c2Oc2c1cc1c5c2CCCN5CCC1)CCC[N+]=4CCC3. The summed E-state index contributed by atoms with van der Waals surface area (Å²) >= 11 is 0. The summed E-state index contributed by atoms with van der Waals surface area (Å²) in [6.07, 6.45) is 9.77. The molecule has 32 heavy (non-hydrogen) atoms. The molecule has 5 heterocycles. The Morgan fingerprint density at radius 1 is 0.812 bits per heavy atom. The molecule has 2 aromatic carbocycles. The lowest BCUT2D eigenvalue weighted by atomic mass is 9.76. The molecule has 0 spiro atoms. The van der Waals surface area contributed by atoms with E-state index in [2.05, 4.69) is 42.4 Å². The van der Waals surface area contributed by atoms with E-state index < -0.39 is 0 Å². The van der Waals surface area contributed by atoms with Crippen LogP contribution in [0, 0.1) is 5.41 Å². The number of ether oxygens (including phenoxy) is 1. The van der Waals surface area contributed by atoms with Gasteiger partial charge in [-0.3, -0.25) is 0 Å². The van der Waals surface area contributed by atoms with E-state index in [1.54, 1.807) is 11.1 Å². The van der Waals surface area contributed by atoms with E-state index in [4.69, 9.17) is 4.74 Å². The molecule has 0 aliphatic carbocycles. The van der Waals surface area contributed by atoms with E-state index in [0.29, 0.717) is 0 Å². The Hall–Kier alpha value is -2.29. The van der Waals surface area contributed by atoms with E-state index >= 15 is 0 Å². The standard InChI is InChI=1S/C29H35N2O/c1-29(2,3)24-22-16-18-8-4-12-30-14-6-10-20(25(18)30)27(22)32-28-21-11-7-15-31-13-5-9-19(26(21)31)17-23(24)28/h16-17H,4-15H2,1-3H3/q+1. The average molecular weight is 428 g/mol. The van der Waals surface area contributed by atoms with Crippen molar-refractivity contribution in [3.05, 3.63) is 50.5 Å². The monoisotopic (exact) mass is 427 g/mol. The number of hydrogen-bond donors (Lipinski definition) is 0. The third-order valence-corrected chi connectivity index (χ3v) is 8.44. The number of aryl methyl sites for hydroxylation is 2. The van der Waals surface area contributed by atoms with Crippen LogP contribution in [0.25, 0.3) is 5.57 Å². The number of fused-ring (bicyclic) bond motifs is 4. The lowest BCUT2D eigenvalue weighted by molar-refractivity contribution is 0.425. The number of anilines is 1. The maximum absolute atomic E-state index is 7.07. The van der Waals surface area contributed by atoms with Gasteiger partial charge in [0, 0.05) is 53.5 Å². The Labute approximate surface area is 191 Å². The maximum Gasteiger partial charge on any atom is 0.210 e. The summed E-state index contributed by atoms with van der Waals surface area (Å²) in [5.74, 6) is 2.38. The third-order valence-electron chi connectivity index (χ3n) is 8.44. The zero-order chi connectivity index (χ0) is 21.6. The number of nitrogens with zero attached hydrogens (tertiary/aromatic N) is 2. The summed E-state index contributed by atoms with van der Waals surface area (Å²) in [6, 6.07) is 5.04. The van der Waals surface area contributed by atoms with Gasteiger partial charge in [0.1, 0.15) is 24.6 Å². The smallest absolute Gasteiger partial charge is 0.210 e. The molecule has 3 heteroatoms. The fourth-order valence-electron chi connectivity index (χ4n) is 7.32. The zero-order valence-corrected chi connectivity index (χ0v) is 19.9. The van der Waals surface area contributed by atoms with Gasteiger partial charge in [0.15, 0.2) is 0 Å². The van der Waals surface area contributed by atoms with Crippen LogP contribution in [0.5, 0.6) is 11.5 Å². The van der Waals surface area contributed by atoms with E-state index in [-0.39, 0.29) is 5.41 Å². The van der Waals surface area contributed by atoms with Crippen LogP contribution < -0.4 is 24.8 Å². The molecule has 0 N–H and O–H groups in total. The topological polar surface area (TPSA) is 15.5 Å². The van der Waals surface area contributed by atoms with E-state index in [1.807, 2.05) is 0 Å². The first kappa shape index (κ1) is 19.2. The van der Waals surface area contributed by atoms with E-state index in [0.717, 1.165) is 12.8 Å². The van der Waals surface area contributed by atoms with Gasteiger partial charge in [0.05, 0.1) is 5.56 Å². The molecular formula is C29H35N2O+. The van der Waals surface area contributed by atoms with Crippen LogP contribution in [-0.4, -0.2) is 26.2 Å². The van der Waals surface area contributed by atoms with Crippen LogP contribution >= 0.6 is 0 Å². The van der Waals surface area contributed by atoms with Crippen molar-refractivity contribution in [3.8, 4) is 11.5 Å².